The molecule has 2 atom stereocenters. The molecule has 0 aliphatic heterocycles. The van der Waals surface area contributed by atoms with Crippen molar-refractivity contribution in [2.75, 3.05) is 0 Å². The predicted octanol–water partition coefficient (Wildman–Crippen LogP) is 2.90. The second-order valence-electron chi connectivity index (χ2n) is 4.33. The van der Waals surface area contributed by atoms with E-state index in [9.17, 15) is 4.79 Å². The Balaban J connectivity index is 3.87. The summed E-state index contributed by atoms with van der Waals surface area (Å²) in [5.74, 6) is 0.170. The van der Waals surface area contributed by atoms with Crippen molar-refractivity contribution < 1.29 is 14.3 Å². The van der Waals surface area contributed by atoms with Gasteiger partial charge in [0.2, 0.25) is 6.29 Å². The molecule has 0 spiro atoms. The summed E-state index contributed by atoms with van der Waals surface area (Å²) in [6, 6.07) is 0. The third-order valence-corrected chi connectivity index (χ3v) is 1.85. The first kappa shape index (κ1) is 14.2. The highest BCUT2D eigenvalue weighted by atomic mass is 16.7. The maximum atomic E-state index is 11.2. The molecule has 0 saturated heterocycles. The lowest BCUT2D eigenvalue weighted by atomic mass is 10.1. The first-order chi connectivity index (χ1) is 6.82. The van der Waals surface area contributed by atoms with Crippen molar-refractivity contribution in [2.45, 2.75) is 53.4 Å². The number of hydrogen-bond donors (Lipinski definition) is 0. The normalized spacial score (nSPS) is 14.8. The molecule has 0 radical (unpaired) electrons. The predicted molar refractivity (Wildman–Crippen MR) is 60.4 cm³/mol. The Hall–Kier alpha value is -0.830. The van der Waals surface area contributed by atoms with E-state index in [1.54, 1.807) is 13.8 Å². The standard InChI is InChI=1S/C12H22O3/c1-8(2)7-10(5)14-11(6)15-12(13)9(3)4/h8,10-11H,3,7H2,1-2,4-6H3. The van der Waals surface area contributed by atoms with Crippen LogP contribution in [0.5, 0.6) is 0 Å². The van der Waals surface area contributed by atoms with E-state index in [2.05, 4.69) is 20.4 Å². The lowest BCUT2D eigenvalue weighted by Gasteiger charge is -2.20. The highest BCUT2D eigenvalue weighted by Crippen LogP contribution is 2.11. The molecule has 3 nitrogen and oxygen atoms in total. The Bertz CT molecular complexity index is 221. The van der Waals surface area contributed by atoms with Gasteiger partial charge in [0, 0.05) is 5.57 Å². The van der Waals surface area contributed by atoms with E-state index in [1.807, 2.05) is 6.92 Å². The maximum absolute atomic E-state index is 11.2. The smallest absolute Gasteiger partial charge is 0.335 e. The van der Waals surface area contributed by atoms with Gasteiger partial charge >= 0.3 is 5.97 Å². The van der Waals surface area contributed by atoms with E-state index in [1.165, 1.54) is 0 Å². The molecular weight excluding hydrogens is 192 g/mol. The minimum absolute atomic E-state index is 0.0953. The van der Waals surface area contributed by atoms with Gasteiger partial charge in [0.05, 0.1) is 6.10 Å². The minimum atomic E-state index is -0.511. The molecule has 0 saturated carbocycles. The fraction of sp³-hybridized carbons (Fsp3) is 0.750. The Morgan fingerprint density at radius 2 is 1.80 bits per heavy atom. The summed E-state index contributed by atoms with van der Waals surface area (Å²) in [6.07, 6.45) is 0.537. The Labute approximate surface area is 92.5 Å². The fourth-order valence-electron chi connectivity index (χ4n) is 1.33. The lowest BCUT2D eigenvalue weighted by Crippen LogP contribution is -2.24. The van der Waals surface area contributed by atoms with E-state index in [0.717, 1.165) is 6.42 Å². The molecule has 0 aromatic heterocycles. The third-order valence-electron chi connectivity index (χ3n) is 1.85. The monoisotopic (exact) mass is 214 g/mol. The highest BCUT2D eigenvalue weighted by Gasteiger charge is 2.14. The number of ether oxygens (including phenoxy) is 2. The van der Waals surface area contributed by atoms with Gasteiger partial charge in [-0.25, -0.2) is 4.79 Å². The average Bonchev–Trinajstić information content (AvgIpc) is 2.00. The second kappa shape index (κ2) is 6.62. The van der Waals surface area contributed by atoms with Gasteiger partial charge in [0.15, 0.2) is 0 Å². The van der Waals surface area contributed by atoms with Crippen molar-refractivity contribution in [3.8, 4) is 0 Å². The first-order valence-electron chi connectivity index (χ1n) is 5.34. The van der Waals surface area contributed by atoms with Crippen molar-refractivity contribution in [3.05, 3.63) is 12.2 Å². The van der Waals surface area contributed by atoms with Gasteiger partial charge in [0.1, 0.15) is 0 Å². The summed E-state index contributed by atoms with van der Waals surface area (Å²) in [6.45, 7) is 13.1. The van der Waals surface area contributed by atoms with Crippen LogP contribution >= 0.6 is 0 Å². The molecule has 0 bridgehead atoms. The molecule has 0 aliphatic rings. The molecule has 0 fully saturated rings. The molecule has 88 valence electrons. The molecule has 0 N–H and O–H groups in total. The Kier molecular flexibility index (Phi) is 6.25. The van der Waals surface area contributed by atoms with E-state index in [4.69, 9.17) is 9.47 Å². The maximum Gasteiger partial charge on any atom is 0.335 e. The largest absolute Gasteiger partial charge is 0.433 e. The lowest BCUT2D eigenvalue weighted by molar-refractivity contribution is -0.179. The van der Waals surface area contributed by atoms with Gasteiger partial charge in [-0.1, -0.05) is 20.4 Å². The van der Waals surface area contributed by atoms with Crippen LogP contribution in [0.15, 0.2) is 12.2 Å². The van der Waals surface area contributed by atoms with Crippen LogP contribution in [0, 0.1) is 5.92 Å². The first-order valence-corrected chi connectivity index (χ1v) is 5.34. The van der Waals surface area contributed by atoms with Gasteiger partial charge in [-0.15, -0.1) is 0 Å². The average molecular weight is 214 g/mol. The Morgan fingerprint density at radius 1 is 1.27 bits per heavy atom. The highest BCUT2D eigenvalue weighted by molar-refractivity contribution is 5.86. The number of rotatable bonds is 6. The summed E-state index contributed by atoms with van der Waals surface area (Å²) in [7, 11) is 0. The van der Waals surface area contributed by atoms with Crippen LogP contribution in [0.2, 0.25) is 0 Å². The van der Waals surface area contributed by atoms with Crippen molar-refractivity contribution in [3.63, 3.8) is 0 Å². The molecule has 15 heavy (non-hydrogen) atoms. The van der Waals surface area contributed by atoms with Crippen LogP contribution in [0.25, 0.3) is 0 Å². The number of carbonyl (C=O) groups is 1. The zero-order chi connectivity index (χ0) is 12.0. The van der Waals surface area contributed by atoms with E-state index in [-0.39, 0.29) is 6.10 Å². The molecule has 0 aliphatic carbocycles. The molecule has 0 aromatic rings. The van der Waals surface area contributed by atoms with E-state index < -0.39 is 12.3 Å². The second-order valence-corrected chi connectivity index (χ2v) is 4.33. The summed E-state index contributed by atoms with van der Waals surface area (Å²) >= 11 is 0. The van der Waals surface area contributed by atoms with Crippen LogP contribution in [0.3, 0.4) is 0 Å². The molecule has 3 heteroatoms. The van der Waals surface area contributed by atoms with Crippen LogP contribution in [0.1, 0.15) is 41.0 Å². The molecule has 2 unspecified atom stereocenters. The summed E-state index contributed by atoms with van der Waals surface area (Å²) in [5.41, 5.74) is 0.391. The molecule has 0 aromatic carbocycles. The zero-order valence-corrected chi connectivity index (χ0v) is 10.4. The van der Waals surface area contributed by atoms with Crippen LogP contribution < -0.4 is 0 Å². The Morgan fingerprint density at radius 3 is 2.20 bits per heavy atom. The topological polar surface area (TPSA) is 35.5 Å². The summed E-state index contributed by atoms with van der Waals surface area (Å²) in [5, 5.41) is 0. The van der Waals surface area contributed by atoms with Crippen LogP contribution in [-0.4, -0.2) is 18.4 Å². The molecule has 0 rings (SSSR count). The van der Waals surface area contributed by atoms with E-state index in [0.29, 0.717) is 11.5 Å². The number of carbonyl (C=O) groups excluding carboxylic acids is 1. The fourth-order valence-corrected chi connectivity index (χ4v) is 1.33. The summed E-state index contributed by atoms with van der Waals surface area (Å²) in [4.78, 5) is 11.2. The number of esters is 1. The van der Waals surface area contributed by atoms with Gasteiger partial charge < -0.3 is 9.47 Å². The van der Waals surface area contributed by atoms with Crippen molar-refractivity contribution in [1.29, 1.82) is 0 Å². The third kappa shape index (κ3) is 7.14. The molecule has 0 amide bonds. The zero-order valence-electron chi connectivity index (χ0n) is 10.4. The molecular formula is C12H22O3. The van der Waals surface area contributed by atoms with Crippen molar-refractivity contribution in [2.24, 2.45) is 5.92 Å². The number of hydrogen-bond acceptors (Lipinski definition) is 3. The minimum Gasteiger partial charge on any atom is -0.433 e. The van der Waals surface area contributed by atoms with Gasteiger partial charge in [-0.2, -0.15) is 0 Å². The van der Waals surface area contributed by atoms with Crippen molar-refractivity contribution >= 4 is 5.97 Å². The van der Waals surface area contributed by atoms with Crippen molar-refractivity contribution in [1.82, 2.24) is 0 Å². The SMILES string of the molecule is C=C(C)C(=O)OC(C)OC(C)CC(C)C. The van der Waals surface area contributed by atoms with Gasteiger partial charge in [0.25, 0.3) is 0 Å². The summed E-state index contributed by atoms with van der Waals surface area (Å²) < 4.78 is 10.5. The van der Waals surface area contributed by atoms with Crippen LogP contribution in [0.4, 0.5) is 0 Å². The van der Waals surface area contributed by atoms with Gasteiger partial charge in [-0.05, 0) is 33.1 Å². The van der Waals surface area contributed by atoms with Crippen LogP contribution in [-0.2, 0) is 14.3 Å². The van der Waals surface area contributed by atoms with Gasteiger partial charge in [-0.3, -0.25) is 0 Å². The quantitative estimate of drug-likeness (QED) is 0.387. The molecule has 0 heterocycles. The van der Waals surface area contributed by atoms with E-state index >= 15 is 0 Å².